The molecule has 2 rings (SSSR count). The van der Waals surface area contributed by atoms with E-state index in [-0.39, 0.29) is 12.1 Å². The molecule has 1 saturated heterocycles. The number of aliphatic hydroxyl groups excluding tert-OH is 1. The highest BCUT2D eigenvalue weighted by Gasteiger charge is 2.30. The number of hydrogen-bond acceptors (Lipinski definition) is 4. The molecular weight excluding hydrogens is 156 g/mol. The average Bonchev–Trinajstić information content (AvgIpc) is 2.58. The van der Waals surface area contributed by atoms with Gasteiger partial charge in [-0.15, -0.1) is 5.10 Å². The van der Waals surface area contributed by atoms with Crippen LogP contribution in [0.3, 0.4) is 0 Å². The lowest BCUT2D eigenvalue weighted by molar-refractivity contribution is 0.140. The third-order valence-electron chi connectivity index (χ3n) is 2.22. The number of hydrogen-bond donors (Lipinski definition) is 1. The molecule has 1 aliphatic heterocycles. The van der Waals surface area contributed by atoms with Gasteiger partial charge in [-0.05, 0) is 7.05 Å². The van der Waals surface area contributed by atoms with Gasteiger partial charge in [0.15, 0.2) is 0 Å². The van der Waals surface area contributed by atoms with E-state index in [1.807, 2.05) is 7.05 Å². The molecule has 12 heavy (non-hydrogen) atoms. The van der Waals surface area contributed by atoms with E-state index in [0.29, 0.717) is 6.54 Å². The lowest BCUT2D eigenvalue weighted by Gasteiger charge is -2.12. The quantitative estimate of drug-likeness (QED) is 0.592. The van der Waals surface area contributed by atoms with E-state index in [1.54, 1.807) is 17.1 Å². The van der Waals surface area contributed by atoms with E-state index >= 15 is 0 Å². The SMILES string of the molecule is CN1CC(O)C(n2ccnn2)C1. The molecule has 0 amide bonds. The van der Waals surface area contributed by atoms with Crippen molar-refractivity contribution in [2.24, 2.45) is 0 Å². The van der Waals surface area contributed by atoms with Crippen LogP contribution in [0.4, 0.5) is 0 Å². The van der Waals surface area contributed by atoms with Gasteiger partial charge >= 0.3 is 0 Å². The zero-order valence-corrected chi connectivity index (χ0v) is 6.96. The minimum atomic E-state index is -0.323. The van der Waals surface area contributed by atoms with Crippen LogP contribution in [0, 0.1) is 0 Å². The molecule has 1 fully saturated rings. The second kappa shape index (κ2) is 2.84. The summed E-state index contributed by atoms with van der Waals surface area (Å²) in [5, 5.41) is 17.2. The summed E-state index contributed by atoms with van der Waals surface area (Å²) in [4.78, 5) is 2.08. The topological polar surface area (TPSA) is 54.2 Å². The maximum absolute atomic E-state index is 9.60. The highest BCUT2D eigenvalue weighted by molar-refractivity contribution is 4.87. The lowest BCUT2D eigenvalue weighted by atomic mass is 10.2. The van der Waals surface area contributed by atoms with Crippen LogP contribution in [-0.2, 0) is 0 Å². The Morgan fingerprint density at radius 3 is 2.83 bits per heavy atom. The highest BCUT2D eigenvalue weighted by atomic mass is 16.3. The van der Waals surface area contributed by atoms with Crippen molar-refractivity contribution in [3.8, 4) is 0 Å². The third kappa shape index (κ3) is 1.21. The summed E-state index contributed by atoms with van der Waals surface area (Å²) in [5.74, 6) is 0. The molecule has 0 radical (unpaired) electrons. The predicted molar refractivity (Wildman–Crippen MR) is 42.6 cm³/mol. The first kappa shape index (κ1) is 7.70. The molecule has 66 valence electrons. The second-order valence-electron chi connectivity index (χ2n) is 3.24. The van der Waals surface area contributed by atoms with E-state index < -0.39 is 0 Å². The summed E-state index contributed by atoms with van der Waals surface area (Å²) >= 11 is 0. The predicted octanol–water partition coefficient (Wildman–Crippen LogP) is -0.875. The molecule has 0 spiro atoms. The van der Waals surface area contributed by atoms with Crippen molar-refractivity contribution in [3.63, 3.8) is 0 Å². The zero-order valence-electron chi connectivity index (χ0n) is 6.96. The molecule has 0 saturated carbocycles. The Balaban J connectivity index is 2.15. The molecule has 0 aliphatic carbocycles. The van der Waals surface area contributed by atoms with E-state index in [0.717, 1.165) is 6.54 Å². The zero-order chi connectivity index (χ0) is 8.55. The number of nitrogens with zero attached hydrogens (tertiary/aromatic N) is 4. The van der Waals surface area contributed by atoms with Crippen LogP contribution in [0.15, 0.2) is 12.4 Å². The van der Waals surface area contributed by atoms with E-state index in [4.69, 9.17) is 0 Å². The number of aliphatic hydroxyl groups is 1. The van der Waals surface area contributed by atoms with Crippen LogP contribution in [0.25, 0.3) is 0 Å². The van der Waals surface area contributed by atoms with Crippen molar-refractivity contribution >= 4 is 0 Å². The third-order valence-corrected chi connectivity index (χ3v) is 2.22. The molecule has 2 atom stereocenters. The largest absolute Gasteiger partial charge is 0.390 e. The Morgan fingerprint density at radius 1 is 1.50 bits per heavy atom. The molecule has 0 bridgehead atoms. The average molecular weight is 168 g/mol. The van der Waals surface area contributed by atoms with Crippen molar-refractivity contribution in [1.82, 2.24) is 19.9 Å². The van der Waals surface area contributed by atoms with Crippen molar-refractivity contribution in [2.45, 2.75) is 12.1 Å². The summed E-state index contributed by atoms with van der Waals surface area (Å²) in [6.45, 7) is 1.55. The highest BCUT2D eigenvalue weighted by Crippen LogP contribution is 2.18. The molecule has 1 aliphatic rings. The van der Waals surface area contributed by atoms with Gasteiger partial charge in [-0.25, -0.2) is 4.68 Å². The van der Waals surface area contributed by atoms with Crippen molar-refractivity contribution in [2.75, 3.05) is 20.1 Å². The van der Waals surface area contributed by atoms with Crippen LogP contribution in [0.1, 0.15) is 6.04 Å². The summed E-state index contributed by atoms with van der Waals surface area (Å²) < 4.78 is 1.72. The van der Waals surface area contributed by atoms with Crippen LogP contribution in [0.5, 0.6) is 0 Å². The maximum atomic E-state index is 9.60. The molecule has 2 heterocycles. The Morgan fingerprint density at radius 2 is 2.33 bits per heavy atom. The number of rotatable bonds is 1. The normalized spacial score (nSPS) is 31.2. The van der Waals surface area contributed by atoms with Crippen LogP contribution in [0.2, 0.25) is 0 Å². The molecule has 1 N–H and O–H groups in total. The molecule has 1 aromatic rings. The monoisotopic (exact) mass is 168 g/mol. The number of likely N-dealkylation sites (N-methyl/N-ethyl adjacent to an activating group) is 1. The first-order valence-electron chi connectivity index (χ1n) is 4.00. The van der Waals surface area contributed by atoms with E-state index in [9.17, 15) is 5.11 Å². The summed E-state index contributed by atoms with van der Waals surface area (Å²) in [7, 11) is 1.99. The Kier molecular flexibility index (Phi) is 1.82. The standard InChI is InChI=1S/C7H12N4O/c1-10-4-6(7(12)5-10)11-3-2-8-9-11/h2-3,6-7,12H,4-5H2,1H3. The summed E-state index contributed by atoms with van der Waals surface area (Å²) in [6.07, 6.45) is 3.09. The van der Waals surface area contributed by atoms with Gasteiger partial charge in [-0.2, -0.15) is 0 Å². The van der Waals surface area contributed by atoms with Gasteiger partial charge in [0.05, 0.1) is 18.3 Å². The fourth-order valence-electron chi connectivity index (χ4n) is 1.61. The van der Waals surface area contributed by atoms with Gasteiger partial charge < -0.3 is 10.0 Å². The fraction of sp³-hybridized carbons (Fsp3) is 0.714. The van der Waals surface area contributed by atoms with Crippen LogP contribution in [-0.4, -0.2) is 51.2 Å². The molecular formula is C7H12N4O. The van der Waals surface area contributed by atoms with Gasteiger partial charge in [0, 0.05) is 19.3 Å². The fourth-order valence-corrected chi connectivity index (χ4v) is 1.61. The van der Waals surface area contributed by atoms with Crippen molar-refractivity contribution < 1.29 is 5.11 Å². The first-order chi connectivity index (χ1) is 5.77. The minimum absolute atomic E-state index is 0.0671. The molecule has 5 heteroatoms. The second-order valence-corrected chi connectivity index (χ2v) is 3.24. The first-order valence-corrected chi connectivity index (χ1v) is 4.00. The van der Waals surface area contributed by atoms with Gasteiger partial charge in [-0.1, -0.05) is 5.21 Å². The van der Waals surface area contributed by atoms with Gasteiger partial charge in [0.25, 0.3) is 0 Å². The Bertz CT molecular complexity index is 248. The van der Waals surface area contributed by atoms with Gasteiger partial charge in [0.2, 0.25) is 0 Å². The molecule has 2 unspecified atom stereocenters. The van der Waals surface area contributed by atoms with E-state index in [2.05, 4.69) is 15.2 Å². The minimum Gasteiger partial charge on any atom is -0.390 e. The lowest BCUT2D eigenvalue weighted by Crippen LogP contribution is -2.22. The Hall–Kier alpha value is -0.940. The van der Waals surface area contributed by atoms with Gasteiger partial charge in [-0.3, -0.25) is 0 Å². The smallest absolute Gasteiger partial charge is 0.0934 e. The van der Waals surface area contributed by atoms with Gasteiger partial charge in [0.1, 0.15) is 0 Å². The maximum Gasteiger partial charge on any atom is 0.0934 e. The van der Waals surface area contributed by atoms with Crippen molar-refractivity contribution in [3.05, 3.63) is 12.4 Å². The molecule has 5 nitrogen and oxygen atoms in total. The molecule has 0 aromatic carbocycles. The number of aromatic nitrogens is 3. The van der Waals surface area contributed by atoms with Crippen LogP contribution < -0.4 is 0 Å². The van der Waals surface area contributed by atoms with E-state index in [1.165, 1.54) is 0 Å². The Labute approximate surface area is 70.6 Å². The van der Waals surface area contributed by atoms with Crippen molar-refractivity contribution in [1.29, 1.82) is 0 Å². The number of likely N-dealkylation sites (tertiary alicyclic amines) is 1. The van der Waals surface area contributed by atoms with Crippen LogP contribution >= 0.6 is 0 Å². The molecule has 1 aromatic heterocycles. The summed E-state index contributed by atoms with van der Waals surface area (Å²) in [6, 6.07) is 0.0671. The number of β-amino-alcohol motifs (C(OH)–C–C–N with tert-alkyl or cyclic N) is 1. The summed E-state index contributed by atoms with van der Waals surface area (Å²) in [5.41, 5.74) is 0.